The van der Waals surface area contributed by atoms with Gasteiger partial charge in [0.05, 0.1) is 0 Å². The van der Waals surface area contributed by atoms with Crippen LogP contribution in [0.1, 0.15) is 45.6 Å². The first-order valence-corrected chi connectivity index (χ1v) is 7.44. The van der Waals surface area contributed by atoms with E-state index >= 15 is 0 Å². The van der Waals surface area contributed by atoms with Gasteiger partial charge < -0.3 is 10.5 Å². The second-order valence-electron chi connectivity index (χ2n) is 6.28. The van der Waals surface area contributed by atoms with E-state index in [1.807, 2.05) is 6.07 Å². The number of rotatable bonds is 4. The molecule has 0 saturated heterocycles. The molecule has 1 aliphatic rings. The van der Waals surface area contributed by atoms with Gasteiger partial charge in [0, 0.05) is 17.8 Å². The molecule has 4 heteroatoms. The molecule has 1 fully saturated rings. The molecule has 1 heterocycles. The van der Waals surface area contributed by atoms with Crippen molar-refractivity contribution < 1.29 is 4.74 Å². The van der Waals surface area contributed by atoms with E-state index in [0.717, 1.165) is 6.42 Å². The van der Waals surface area contributed by atoms with Gasteiger partial charge in [0.25, 0.3) is 0 Å². The molecule has 1 saturated carbocycles. The third-order valence-electron chi connectivity index (χ3n) is 4.28. The zero-order valence-electron chi connectivity index (χ0n) is 12.6. The Bertz CT molecular complexity index is 455. The van der Waals surface area contributed by atoms with Gasteiger partial charge in [-0.25, -0.2) is 4.98 Å². The quantitative estimate of drug-likeness (QED) is 0.654. The van der Waals surface area contributed by atoms with Crippen LogP contribution in [0.2, 0.25) is 0 Å². The highest BCUT2D eigenvalue weighted by Crippen LogP contribution is 2.35. The van der Waals surface area contributed by atoms with E-state index in [1.54, 1.807) is 12.3 Å². The summed E-state index contributed by atoms with van der Waals surface area (Å²) < 4.78 is 6.11. The molecular formula is C16H25N3O. The van der Waals surface area contributed by atoms with Crippen molar-refractivity contribution in [1.82, 2.24) is 4.98 Å². The van der Waals surface area contributed by atoms with Gasteiger partial charge in [-0.2, -0.15) is 0 Å². The van der Waals surface area contributed by atoms with Crippen LogP contribution in [0.3, 0.4) is 0 Å². The van der Waals surface area contributed by atoms with Gasteiger partial charge in [0.1, 0.15) is 11.9 Å². The number of amidine groups is 1. The lowest BCUT2D eigenvalue weighted by Gasteiger charge is -2.37. The van der Waals surface area contributed by atoms with Crippen LogP contribution in [-0.2, 0) is 0 Å². The van der Waals surface area contributed by atoms with Gasteiger partial charge in [0.15, 0.2) is 0 Å². The van der Waals surface area contributed by atoms with Crippen LogP contribution in [0.4, 0.5) is 0 Å². The number of aromatic nitrogens is 1. The SMILES string of the molecule is CC1CCC(C(C)C)C(Oc2ccc(C(=N)N)cn2)C1. The van der Waals surface area contributed by atoms with Crippen molar-refractivity contribution in [2.75, 3.05) is 0 Å². The highest BCUT2D eigenvalue weighted by atomic mass is 16.5. The molecule has 0 spiro atoms. The van der Waals surface area contributed by atoms with Crippen molar-refractivity contribution in [1.29, 1.82) is 5.41 Å². The average Bonchev–Trinajstić information content (AvgIpc) is 2.39. The molecule has 2 rings (SSSR count). The van der Waals surface area contributed by atoms with Crippen LogP contribution in [0.5, 0.6) is 5.88 Å². The maximum absolute atomic E-state index is 7.37. The molecule has 0 aliphatic heterocycles. The Hall–Kier alpha value is -1.58. The summed E-state index contributed by atoms with van der Waals surface area (Å²) in [5, 5.41) is 7.37. The lowest BCUT2D eigenvalue weighted by Crippen LogP contribution is -2.36. The summed E-state index contributed by atoms with van der Waals surface area (Å²) in [7, 11) is 0. The fourth-order valence-electron chi connectivity index (χ4n) is 3.01. The van der Waals surface area contributed by atoms with Gasteiger partial charge in [-0.15, -0.1) is 0 Å². The Balaban J connectivity index is 2.07. The fourth-order valence-corrected chi connectivity index (χ4v) is 3.01. The first kappa shape index (κ1) is 14.8. The minimum Gasteiger partial charge on any atom is -0.474 e. The number of nitrogens with one attached hydrogen (secondary N) is 1. The Kier molecular flexibility index (Phi) is 4.63. The third-order valence-corrected chi connectivity index (χ3v) is 4.28. The monoisotopic (exact) mass is 275 g/mol. The van der Waals surface area contributed by atoms with Gasteiger partial charge in [0.2, 0.25) is 5.88 Å². The van der Waals surface area contributed by atoms with E-state index in [2.05, 4.69) is 25.8 Å². The predicted molar refractivity (Wildman–Crippen MR) is 81.0 cm³/mol. The third kappa shape index (κ3) is 3.50. The van der Waals surface area contributed by atoms with Crippen molar-refractivity contribution in [3.8, 4) is 5.88 Å². The van der Waals surface area contributed by atoms with Crippen LogP contribution >= 0.6 is 0 Å². The Morgan fingerprint density at radius 3 is 2.70 bits per heavy atom. The summed E-state index contributed by atoms with van der Waals surface area (Å²) in [4.78, 5) is 4.27. The smallest absolute Gasteiger partial charge is 0.213 e. The van der Waals surface area contributed by atoms with E-state index in [1.165, 1.54) is 12.8 Å². The summed E-state index contributed by atoms with van der Waals surface area (Å²) in [5.41, 5.74) is 6.06. The topological polar surface area (TPSA) is 72.0 Å². The van der Waals surface area contributed by atoms with Crippen LogP contribution in [0.15, 0.2) is 18.3 Å². The summed E-state index contributed by atoms with van der Waals surface area (Å²) in [6, 6.07) is 3.61. The largest absolute Gasteiger partial charge is 0.474 e. The zero-order chi connectivity index (χ0) is 14.7. The molecule has 0 bridgehead atoms. The number of hydrogen-bond donors (Lipinski definition) is 2. The van der Waals surface area contributed by atoms with E-state index in [-0.39, 0.29) is 11.9 Å². The van der Waals surface area contributed by atoms with Crippen molar-refractivity contribution in [3.63, 3.8) is 0 Å². The van der Waals surface area contributed by atoms with Crippen LogP contribution in [-0.4, -0.2) is 16.9 Å². The number of nitrogens with two attached hydrogens (primary N) is 1. The molecule has 20 heavy (non-hydrogen) atoms. The molecular weight excluding hydrogens is 250 g/mol. The summed E-state index contributed by atoms with van der Waals surface area (Å²) in [5.74, 6) is 2.62. The van der Waals surface area contributed by atoms with Gasteiger partial charge in [-0.3, -0.25) is 5.41 Å². The van der Waals surface area contributed by atoms with Crippen LogP contribution in [0, 0.1) is 23.2 Å². The lowest BCUT2D eigenvalue weighted by atomic mass is 9.75. The number of pyridine rings is 1. The fraction of sp³-hybridized carbons (Fsp3) is 0.625. The maximum Gasteiger partial charge on any atom is 0.213 e. The molecule has 0 aromatic carbocycles. The van der Waals surface area contributed by atoms with Crippen molar-refractivity contribution in [2.45, 2.75) is 46.1 Å². The van der Waals surface area contributed by atoms with Gasteiger partial charge >= 0.3 is 0 Å². The molecule has 0 radical (unpaired) electrons. The molecule has 1 aromatic heterocycles. The molecule has 1 aromatic rings. The normalized spacial score (nSPS) is 26.5. The first-order chi connectivity index (χ1) is 9.47. The van der Waals surface area contributed by atoms with Crippen LogP contribution in [0.25, 0.3) is 0 Å². The van der Waals surface area contributed by atoms with E-state index in [4.69, 9.17) is 15.9 Å². The number of nitrogen functional groups attached to an aromatic ring is 1. The van der Waals surface area contributed by atoms with E-state index in [9.17, 15) is 0 Å². The zero-order valence-corrected chi connectivity index (χ0v) is 12.6. The van der Waals surface area contributed by atoms with Crippen molar-refractivity contribution >= 4 is 5.84 Å². The molecule has 3 unspecified atom stereocenters. The second-order valence-corrected chi connectivity index (χ2v) is 6.28. The minimum absolute atomic E-state index is 0.0374. The molecule has 3 N–H and O–H groups in total. The summed E-state index contributed by atoms with van der Waals surface area (Å²) >= 11 is 0. The maximum atomic E-state index is 7.37. The number of ether oxygens (including phenoxy) is 1. The van der Waals surface area contributed by atoms with Crippen molar-refractivity contribution in [2.24, 2.45) is 23.5 Å². The van der Waals surface area contributed by atoms with Crippen molar-refractivity contribution in [3.05, 3.63) is 23.9 Å². The predicted octanol–water partition coefficient (Wildman–Crippen LogP) is 3.21. The summed E-state index contributed by atoms with van der Waals surface area (Å²) in [6.45, 7) is 6.83. The van der Waals surface area contributed by atoms with Gasteiger partial charge in [-0.05, 0) is 36.7 Å². The van der Waals surface area contributed by atoms with E-state index < -0.39 is 0 Å². The summed E-state index contributed by atoms with van der Waals surface area (Å²) in [6.07, 6.45) is 5.47. The number of hydrogen-bond acceptors (Lipinski definition) is 3. The number of nitrogens with zero attached hydrogens (tertiary/aromatic N) is 1. The van der Waals surface area contributed by atoms with Gasteiger partial charge in [-0.1, -0.05) is 27.2 Å². The minimum atomic E-state index is 0.0374. The first-order valence-electron chi connectivity index (χ1n) is 7.44. The highest BCUT2D eigenvalue weighted by molar-refractivity contribution is 5.94. The highest BCUT2D eigenvalue weighted by Gasteiger charge is 2.32. The molecule has 4 nitrogen and oxygen atoms in total. The van der Waals surface area contributed by atoms with Crippen LogP contribution < -0.4 is 10.5 Å². The lowest BCUT2D eigenvalue weighted by molar-refractivity contribution is 0.0426. The molecule has 1 aliphatic carbocycles. The Morgan fingerprint density at radius 2 is 2.15 bits per heavy atom. The molecule has 3 atom stereocenters. The second kappa shape index (κ2) is 6.25. The average molecular weight is 275 g/mol. The Labute approximate surface area is 121 Å². The standard InChI is InChI=1S/C16H25N3O/c1-10(2)13-6-4-11(3)8-14(13)20-15-7-5-12(9-19-15)16(17)18/h5,7,9-11,13-14H,4,6,8H2,1-3H3,(H3,17,18). The molecule has 110 valence electrons. The Morgan fingerprint density at radius 1 is 1.40 bits per heavy atom. The molecule has 0 amide bonds. The van der Waals surface area contributed by atoms with E-state index in [0.29, 0.717) is 29.2 Å².